The largest absolute Gasteiger partial charge is 0.396 e. The molecular formula is C52H51BrN14O6. The van der Waals surface area contributed by atoms with E-state index in [0.29, 0.717) is 54.4 Å². The number of nitrogens with zero attached hydrogens (tertiary/aromatic N) is 10. The number of Topliss-reactive ketones (excluding diaryl/α,β-unsaturated/α-hetero) is 2. The van der Waals surface area contributed by atoms with Crippen LogP contribution < -0.4 is 21.7 Å². The molecule has 2 atom stereocenters. The van der Waals surface area contributed by atoms with Crippen LogP contribution in [0.5, 0.6) is 0 Å². The number of nitrogens with one attached hydrogen (secondary N) is 3. The van der Waals surface area contributed by atoms with E-state index >= 15 is 0 Å². The van der Waals surface area contributed by atoms with Gasteiger partial charge in [-0.25, -0.2) is 29.9 Å². The summed E-state index contributed by atoms with van der Waals surface area (Å²) in [6.07, 6.45) is 13.9. The topological polar surface area (TPSA) is 258 Å². The van der Waals surface area contributed by atoms with Crippen LogP contribution in [0.4, 0.5) is 28.7 Å². The highest BCUT2D eigenvalue weighted by Crippen LogP contribution is 2.30. The van der Waals surface area contributed by atoms with E-state index in [1.165, 1.54) is 26.5 Å². The van der Waals surface area contributed by atoms with Gasteiger partial charge in [0.15, 0.2) is 11.6 Å². The molecule has 5 N–H and O–H groups in total. The van der Waals surface area contributed by atoms with E-state index in [4.69, 9.17) is 5.73 Å². The average Bonchev–Trinajstić information content (AvgIpc) is 3.86. The Morgan fingerprint density at radius 2 is 1.08 bits per heavy atom. The van der Waals surface area contributed by atoms with Gasteiger partial charge in [-0.1, -0.05) is 28.1 Å². The molecule has 4 amide bonds. The number of carbonyl (C=O) groups excluding carboxylic acids is 6. The average molecular weight is 1050 g/mol. The number of rotatable bonds is 12. The van der Waals surface area contributed by atoms with E-state index in [-0.39, 0.29) is 48.3 Å². The minimum atomic E-state index is -0.544. The van der Waals surface area contributed by atoms with Crippen molar-refractivity contribution >= 4 is 102 Å². The highest BCUT2D eigenvalue weighted by molar-refractivity contribution is 9.10. The summed E-state index contributed by atoms with van der Waals surface area (Å²) < 4.78 is 4.40. The van der Waals surface area contributed by atoms with Crippen molar-refractivity contribution in [1.29, 1.82) is 0 Å². The van der Waals surface area contributed by atoms with Gasteiger partial charge in [-0.05, 0) is 101 Å². The van der Waals surface area contributed by atoms with Crippen LogP contribution in [-0.2, 0) is 32.3 Å². The summed E-state index contributed by atoms with van der Waals surface area (Å²) >= 11 is 3.43. The van der Waals surface area contributed by atoms with Crippen molar-refractivity contribution in [3.63, 3.8) is 0 Å². The number of pyridine rings is 2. The number of aryl methyl sites for hydroxylation is 2. The fourth-order valence-electron chi connectivity index (χ4n) is 8.34. The first-order valence-electron chi connectivity index (χ1n) is 23.2. The monoisotopic (exact) mass is 1050 g/mol. The van der Waals surface area contributed by atoms with E-state index in [1.807, 2.05) is 74.5 Å². The van der Waals surface area contributed by atoms with Gasteiger partial charge in [0.1, 0.15) is 49.5 Å². The molecule has 2 aliphatic rings. The minimum absolute atomic E-state index is 0.0234. The lowest BCUT2D eigenvalue weighted by atomic mass is 10.0. The number of ketones is 2. The molecule has 0 radical (unpaired) electrons. The molecule has 0 aliphatic carbocycles. The number of carbonyl (C=O) groups is 6. The highest BCUT2D eigenvalue weighted by atomic mass is 79.9. The van der Waals surface area contributed by atoms with Gasteiger partial charge in [-0.15, -0.1) is 0 Å². The Hall–Kier alpha value is -8.72. The van der Waals surface area contributed by atoms with Crippen LogP contribution >= 0.6 is 15.9 Å². The van der Waals surface area contributed by atoms with Crippen LogP contribution in [0.15, 0.2) is 127 Å². The molecular weight excluding hydrogens is 997 g/mol. The van der Waals surface area contributed by atoms with Gasteiger partial charge in [-0.2, -0.15) is 0 Å². The Morgan fingerprint density at radius 3 is 1.51 bits per heavy atom. The fraction of sp³-hybridized carbons (Fsp3) is 0.231. The van der Waals surface area contributed by atoms with Crippen LogP contribution in [0.1, 0.15) is 58.8 Å². The molecule has 73 heavy (non-hydrogen) atoms. The number of nitrogen functional groups attached to an aromatic ring is 1. The normalized spacial score (nSPS) is 14.6. The Kier molecular flexibility index (Phi) is 15.7. The zero-order valence-corrected chi connectivity index (χ0v) is 41.9. The van der Waals surface area contributed by atoms with Gasteiger partial charge < -0.3 is 40.6 Å². The molecule has 0 bridgehead atoms. The number of anilines is 5. The molecule has 2 aromatic carbocycles. The third-order valence-corrected chi connectivity index (χ3v) is 12.6. The van der Waals surface area contributed by atoms with Crippen molar-refractivity contribution in [2.75, 3.05) is 34.8 Å². The summed E-state index contributed by atoms with van der Waals surface area (Å²) in [6.45, 7) is 7.84. The number of amides is 4. The van der Waals surface area contributed by atoms with Crippen molar-refractivity contribution < 1.29 is 28.8 Å². The van der Waals surface area contributed by atoms with Crippen LogP contribution in [0, 0.1) is 13.8 Å². The summed E-state index contributed by atoms with van der Waals surface area (Å²) in [7, 11) is 0. The molecule has 8 heterocycles. The number of hydrogen-bond donors (Lipinski definition) is 4. The number of benzene rings is 2. The molecule has 2 fully saturated rings. The SMILES string of the molecule is CC(=O)c1cn(CC(=O)N2CC[C@H]2C(=O)Nc2cccc(C)n2)c2ccc(Br)cc12.CC(=O)c1cn(CC(=O)N2CC[C@H]2C(=O)Nc2cccc(C)n2)c2ccc(Nc3cncnc3)cc12.Nc1cncnc1. The Balaban J connectivity index is 0.000000174. The summed E-state index contributed by atoms with van der Waals surface area (Å²) in [5.74, 6) is -0.0497. The number of fused-ring (bicyclic) bond motifs is 2. The van der Waals surface area contributed by atoms with E-state index in [2.05, 4.69) is 61.8 Å². The quantitative estimate of drug-likeness (QED) is 0.0906. The molecule has 2 saturated heterocycles. The van der Waals surface area contributed by atoms with Crippen molar-refractivity contribution in [2.45, 2.75) is 65.7 Å². The van der Waals surface area contributed by atoms with E-state index in [0.717, 1.165) is 49.0 Å². The van der Waals surface area contributed by atoms with Gasteiger partial charge in [0.2, 0.25) is 23.6 Å². The van der Waals surface area contributed by atoms with Gasteiger partial charge in [0, 0.05) is 80.0 Å². The molecule has 10 rings (SSSR count). The van der Waals surface area contributed by atoms with Gasteiger partial charge in [-0.3, -0.25) is 28.8 Å². The van der Waals surface area contributed by atoms with Gasteiger partial charge in [0.05, 0.1) is 36.2 Å². The van der Waals surface area contributed by atoms with E-state index < -0.39 is 12.1 Å². The van der Waals surface area contributed by atoms with Crippen LogP contribution in [0.3, 0.4) is 0 Å². The molecule has 20 nitrogen and oxygen atoms in total. The predicted octanol–water partition coefficient (Wildman–Crippen LogP) is 6.93. The highest BCUT2D eigenvalue weighted by Gasteiger charge is 2.39. The molecule has 0 saturated carbocycles. The Morgan fingerprint density at radius 1 is 0.616 bits per heavy atom. The van der Waals surface area contributed by atoms with E-state index in [9.17, 15) is 28.8 Å². The maximum absolute atomic E-state index is 13.1. The lowest BCUT2D eigenvalue weighted by Gasteiger charge is -2.39. The Bertz CT molecular complexity index is 3370. The second-order valence-electron chi connectivity index (χ2n) is 17.4. The summed E-state index contributed by atoms with van der Waals surface area (Å²) in [5, 5.41) is 10.3. The molecule has 0 spiro atoms. The maximum Gasteiger partial charge on any atom is 0.248 e. The van der Waals surface area contributed by atoms with Crippen molar-refractivity contribution in [3.05, 3.63) is 150 Å². The molecule has 0 unspecified atom stereocenters. The summed E-state index contributed by atoms with van der Waals surface area (Å²) in [6, 6.07) is 21.0. The van der Waals surface area contributed by atoms with Crippen molar-refractivity contribution in [3.8, 4) is 0 Å². The lowest BCUT2D eigenvalue weighted by Crippen LogP contribution is -2.57. The molecule has 372 valence electrons. The number of halogens is 1. The number of nitrogens with two attached hydrogens (primary N) is 1. The van der Waals surface area contributed by atoms with E-state index in [1.54, 1.807) is 68.2 Å². The third kappa shape index (κ3) is 12.2. The molecule has 2 aliphatic heterocycles. The summed E-state index contributed by atoms with van der Waals surface area (Å²) in [4.78, 5) is 103. The smallest absolute Gasteiger partial charge is 0.248 e. The van der Waals surface area contributed by atoms with Crippen LogP contribution in [-0.4, -0.2) is 109 Å². The fourth-order valence-corrected chi connectivity index (χ4v) is 8.70. The van der Waals surface area contributed by atoms with Crippen molar-refractivity contribution in [2.24, 2.45) is 0 Å². The maximum atomic E-state index is 13.1. The third-order valence-electron chi connectivity index (χ3n) is 12.1. The summed E-state index contributed by atoms with van der Waals surface area (Å²) in [5.41, 5.74) is 11.6. The van der Waals surface area contributed by atoms with Crippen LogP contribution in [0.25, 0.3) is 21.8 Å². The lowest BCUT2D eigenvalue weighted by molar-refractivity contribution is -0.145. The predicted molar refractivity (Wildman–Crippen MR) is 279 cm³/mol. The van der Waals surface area contributed by atoms with Gasteiger partial charge in [0.25, 0.3) is 0 Å². The van der Waals surface area contributed by atoms with Crippen molar-refractivity contribution in [1.82, 2.24) is 48.8 Å². The first-order valence-corrected chi connectivity index (χ1v) is 23.9. The number of aromatic nitrogens is 8. The standard InChI is InChI=1S/C26H25N7O3.C22H21BrN4O3.C4H5N3/c1-16-4-3-5-24(29-16)31-26(36)23-8-9-33(23)25(35)14-32-13-21(17(2)34)20-10-18(6-7-22(20)32)30-19-11-27-15-28-12-19;1-13-4-3-5-20(24-13)25-22(30)19-8-9-27(19)21(29)12-26-11-17(14(2)28)16-10-15(23)6-7-18(16)26;5-4-1-6-3-7-2-4/h3-7,10-13,15,23,30H,8-9,14H2,1-2H3,(H,29,31,36);3-7,10-11,19H,8-9,12H2,1-2H3,(H,24,25,30);1-3H,5H2/t23-;19-;/m00./s1. The first-order chi connectivity index (χ1) is 35.1. The first kappa shape index (κ1) is 50.7. The second kappa shape index (κ2) is 22.6. The zero-order valence-electron chi connectivity index (χ0n) is 40.3. The minimum Gasteiger partial charge on any atom is -0.396 e. The molecule has 21 heteroatoms. The Labute approximate surface area is 427 Å². The van der Waals surface area contributed by atoms with Gasteiger partial charge >= 0.3 is 0 Å². The second-order valence-corrected chi connectivity index (χ2v) is 18.3. The van der Waals surface area contributed by atoms with Crippen LogP contribution in [0.2, 0.25) is 0 Å². The molecule has 6 aromatic heterocycles. The molecule has 8 aromatic rings. The number of hydrogen-bond acceptors (Lipinski definition) is 14. The zero-order chi connectivity index (χ0) is 51.8. The number of likely N-dealkylation sites (tertiary alicyclic amines) is 2.